The molecule has 0 aromatic carbocycles. The van der Waals surface area contributed by atoms with Crippen LogP contribution in [0.1, 0.15) is 23.5 Å². The Morgan fingerprint density at radius 1 is 1.48 bits per heavy atom. The van der Waals surface area contributed by atoms with Crippen molar-refractivity contribution in [1.82, 2.24) is 24.5 Å². The van der Waals surface area contributed by atoms with Gasteiger partial charge in [0.1, 0.15) is 0 Å². The summed E-state index contributed by atoms with van der Waals surface area (Å²) < 4.78 is 3.11. The number of anilines is 1. The molecule has 21 heavy (non-hydrogen) atoms. The number of carboxylic acid groups (broad SMARTS) is 1. The number of aryl methyl sites for hydroxylation is 1. The summed E-state index contributed by atoms with van der Waals surface area (Å²) >= 11 is 0. The summed E-state index contributed by atoms with van der Waals surface area (Å²) in [6.07, 6.45) is 4.65. The van der Waals surface area contributed by atoms with Crippen LogP contribution < -0.4 is 10.5 Å². The minimum absolute atomic E-state index is 0.00193. The zero-order valence-electron chi connectivity index (χ0n) is 11.4. The molecule has 1 aliphatic heterocycles. The Morgan fingerprint density at radius 2 is 2.24 bits per heavy atom. The molecule has 0 bridgehead atoms. The van der Waals surface area contributed by atoms with Crippen LogP contribution in [0.25, 0.3) is 0 Å². The van der Waals surface area contributed by atoms with Gasteiger partial charge in [-0.05, 0) is 6.92 Å². The quantitative estimate of drug-likeness (QED) is 0.817. The summed E-state index contributed by atoms with van der Waals surface area (Å²) in [5.74, 6) is -0.692. The summed E-state index contributed by atoms with van der Waals surface area (Å²) in [5.41, 5.74) is -0.206. The summed E-state index contributed by atoms with van der Waals surface area (Å²) in [7, 11) is 0. The zero-order valence-corrected chi connectivity index (χ0v) is 11.4. The molecule has 0 saturated carbocycles. The molecule has 1 fully saturated rings. The van der Waals surface area contributed by atoms with Gasteiger partial charge in [0.2, 0.25) is 0 Å². The van der Waals surface area contributed by atoms with E-state index in [1.807, 2.05) is 11.8 Å². The van der Waals surface area contributed by atoms with E-state index in [2.05, 4.69) is 15.3 Å². The van der Waals surface area contributed by atoms with Crippen molar-refractivity contribution in [2.75, 3.05) is 18.0 Å². The maximum atomic E-state index is 12.1. The Kier molecular flexibility index (Phi) is 3.16. The molecule has 0 spiro atoms. The zero-order chi connectivity index (χ0) is 15.0. The lowest BCUT2D eigenvalue weighted by Gasteiger charge is -2.39. The van der Waals surface area contributed by atoms with Gasteiger partial charge in [-0.25, -0.2) is 14.5 Å². The molecule has 0 atom stereocenters. The third-order valence-electron chi connectivity index (χ3n) is 3.50. The standard InChI is InChI=1S/C12H14N6O3/c1-2-16-4-3-13-10(11(16)19)17-5-8(6-17)18-7-9(12(20)21)14-15-18/h3-4,7-8H,2,5-6H2,1H3,(H,20,21). The molecule has 2 aromatic rings. The number of carbonyl (C=O) groups is 1. The van der Waals surface area contributed by atoms with Gasteiger partial charge in [0, 0.05) is 32.0 Å². The van der Waals surface area contributed by atoms with Gasteiger partial charge in [0.05, 0.1) is 12.2 Å². The van der Waals surface area contributed by atoms with Gasteiger partial charge in [-0.15, -0.1) is 5.10 Å². The van der Waals surface area contributed by atoms with Gasteiger partial charge in [-0.2, -0.15) is 0 Å². The van der Waals surface area contributed by atoms with Crippen molar-refractivity contribution in [2.45, 2.75) is 19.5 Å². The summed E-state index contributed by atoms with van der Waals surface area (Å²) in [6.45, 7) is 3.60. The van der Waals surface area contributed by atoms with E-state index in [1.54, 1.807) is 17.0 Å². The van der Waals surface area contributed by atoms with Crippen LogP contribution in [0.3, 0.4) is 0 Å². The lowest BCUT2D eigenvalue weighted by atomic mass is 10.1. The maximum absolute atomic E-state index is 12.1. The van der Waals surface area contributed by atoms with Gasteiger partial charge in [-0.3, -0.25) is 4.79 Å². The van der Waals surface area contributed by atoms with Gasteiger partial charge in [0.25, 0.3) is 5.56 Å². The average Bonchev–Trinajstić information content (AvgIpc) is 2.88. The van der Waals surface area contributed by atoms with Crippen LogP contribution in [0, 0.1) is 0 Å². The summed E-state index contributed by atoms with van der Waals surface area (Å²) in [6, 6.07) is 0.00193. The van der Waals surface area contributed by atoms with Crippen LogP contribution in [0.15, 0.2) is 23.4 Å². The lowest BCUT2D eigenvalue weighted by Crippen LogP contribution is -2.50. The fourth-order valence-electron chi connectivity index (χ4n) is 2.25. The van der Waals surface area contributed by atoms with E-state index in [0.29, 0.717) is 25.5 Å². The minimum Gasteiger partial charge on any atom is -0.476 e. The monoisotopic (exact) mass is 290 g/mol. The minimum atomic E-state index is -1.10. The van der Waals surface area contributed by atoms with Gasteiger partial charge in [-0.1, -0.05) is 5.21 Å². The number of hydrogen-bond acceptors (Lipinski definition) is 6. The molecular weight excluding hydrogens is 276 g/mol. The second kappa shape index (κ2) is 5.00. The predicted molar refractivity (Wildman–Crippen MR) is 72.4 cm³/mol. The topological polar surface area (TPSA) is 106 Å². The Bertz CT molecular complexity index is 731. The molecule has 3 rings (SSSR count). The average molecular weight is 290 g/mol. The van der Waals surface area contributed by atoms with Crippen molar-refractivity contribution in [3.63, 3.8) is 0 Å². The van der Waals surface area contributed by atoms with E-state index >= 15 is 0 Å². The third-order valence-corrected chi connectivity index (χ3v) is 3.50. The van der Waals surface area contributed by atoms with E-state index in [9.17, 15) is 9.59 Å². The first-order valence-electron chi connectivity index (χ1n) is 6.55. The first-order valence-corrected chi connectivity index (χ1v) is 6.55. The molecule has 3 heterocycles. The third kappa shape index (κ3) is 2.26. The largest absolute Gasteiger partial charge is 0.476 e. The second-order valence-electron chi connectivity index (χ2n) is 4.79. The fourth-order valence-corrected chi connectivity index (χ4v) is 2.25. The number of nitrogens with zero attached hydrogens (tertiary/aromatic N) is 6. The highest BCUT2D eigenvalue weighted by Crippen LogP contribution is 2.23. The molecule has 0 unspecified atom stereocenters. The maximum Gasteiger partial charge on any atom is 0.358 e. The molecule has 1 N–H and O–H groups in total. The van der Waals surface area contributed by atoms with Crippen LogP contribution in [-0.4, -0.2) is 48.7 Å². The SMILES string of the molecule is CCn1ccnc(N2CC(n3cc(C(=O)O)nn3)C2)c1=O. The number of aromatic nitrogens is 5. The van der Waals surface area contributed by atoms with E-state index in [-0.39, 0.29) is 17.3 Å². The fraction of sp³-hybridized carbons (Fsp3) is 0.417. The molecule has 9 heteroatoms. The molecule has 1 aliphatic rings. The molecule has 9 nitrogen and oxygen atoms in total. The Labute approximate surface area is 119 Å². The van der Waals surface area contributed by atoms with Crippen molar-refractivity contribution in [1.29, 1.82) is 0 Å². The van der Waals surface area contributed by atoms with Gasteiger partial charge >= 0.3 is 5.97 Å². The summed E-state index contributed by atoms with van der Waals surface area (Å²) in [4.78, 5) is 28.9. The lowest BCUT2D eigenvalue weighted by molar-refractivity contribution is 0.0690. The van der Waals surface area contributed by atoms with Crippen LogP contribution in [0.4, 0.5) is 5.82 Å². The van der Waals surface area contributed by atoms with Crippen molar-refractivity contribution in [2.24, 2.45) is 0 Å². The summed E-state index contributed by atoms with van der Waals surface area (Å²) in [5, 5.41) is 16.2. The smallest absolute Gasteiger partial charge is 0.358 e. The highest BCUT2D eigenvalue weighted by Gasteiger charge is 2.32. The predicted octanol–water partition coefficient (Wildman–Crippen LogP) is -0.386. The highest BCUT2D eigenvalue weighted by atomic mass is 16.4. The Morgan fingerprint density at radius 3 is 2.86 bits per heavy atom. The highest BCUT2D eigenvalue weighted by molar-refractivity contribution is 5.84. The molecule has 0 aliphatic carbocycles. The van der Waals surface area contributed by atoms with Gasteiger partial charge < -0.3 is 14.6 Å². The van der Waals surface area contributed by atoms with Crippen LogP contribution in [0.2, 0.25) is 0 Å². The molecule has 0 amide bonds. The van der Waals surface area contributed by atoms with E-state index in [1.165, 1.54) is 10.9 Å². The first-order chi connectivity index (χ1) is 10.1. The first kappa shape index (κ1) is 13.3. The van der Waals surface area contributed by atoms with Crippen molar-refractivity contribution < 1.29 is 9.90 Å². The molecule has 0 radical (unpaired) electrons. The number of carboxylic acids is 1. The number of hydrogen-bond donors (Lipinski definition) is 1. The molecule has 110 valence electrons. The second-order valence-corrected chi connectivity index (χ2v) is 4.79. The molecular formula is C12H14N6O3. The van der Waals surface area contributed by atoms with Crippen molar-refractivity contribution >= 4 is 11.8 Å². The van der Waals surface area contributed by atoms with E-state index < -0.39 is 5.97 Å². The van der Waals surface area contributed by atoms with E-state index in [4.69, 9.17) is 5.11 Å². The van der Waals surface area contributed by atoms with Crippen molar-refractivity contribution in [3.8, 4) is 0 Å². The molecule has 1 saturated heterocycles. The van der Waals surface area contributed by atoms with E-state index in [0.717, 1.165) is 0 Å². The number of rotatable bonds is 4. The van der Waals surface area contributed by atoms with Crippen LogP contribution in [-0.2, 0) is 6.54 Å². The Hall–Kier alpha value is -2.71. The van der Waals surface area contributed by atoms with Crippen LogP contribution >= 0.6 is 0 Å². The van der Waals surface area contributed by atoms with Gasteiger partial charge in [0.15, 0.2) is 11.5 Å². The normalized spacial score (nSPS) is 15.0. The van der Waals surface area contributed by atoms with Crippen molar-refractivity contribution in [3.05, 3.63) is 34.6 Å². The van der Waals surface area contributed by atoms with Crippen LogP contribution in [0.5, 0.6) is 0 Å². The number of aromatic carboxylic acids is 1. The molecule has 2 aromatic heterocycles. The Balaban J connectivity index is 1.73.